The number of hydrogen-bond acceptors (Lipinski definition) is 3. The molecule has 4 atom stereocenters. The molecule has 1 aromatic carbocycles. The summed E-state index contributed by atoms with van der Waals surface area (Å²) in [5.74, 6) is -2.56. The quantitative estimate of drug-likeness (QED) is 0.728. The molecule has 8 heteroatoms. The minimum absolute atomic E-state index is 0.146. The first-order chi connectivity index (χ1) is 10.9. The first-order valence-corrected chi connectivity index (χ1v) is 8.50. The van der Waals surface area contributed by atoms with Crippen molar-refractivity contribution in [2.75, 3.05) is 0 Å². The zero-order chi connectivity index (χ0) is 18.7. The summed E-state index contributed by atoms with van der Waals surface area (Å²) in [5, 5.41) is 8.64. The summed E-state index contributed by atoms with van der Waals surface area (Å²) in [6.45, 7) is 6.16. The summed E-state index contributed by atoms with van der Waals surface area (Å²) in [6.07, 6.45) is -5.56. The Morgan fingerprint density at radius 3 is 2.29 bits per heavy atom. The van der Waals surface area contributed by atoms with Gasteiger partial charge in [0, 0.05) is 23.3 Å². The van der Waals surface area contributed by atoms with E-state index in [1.165, 1.54) is 25.1 Å². The Kier molecular flexibility index (Phi) is 6.72. The van der Waals surface area contributed by atoms with Crippen LogP contribution in [-0.4, -0.2) is 32.7 Å². The molecular formula is C16H22F3NO3S. The summed E-state index contributed by atoms with van der Waals surface area (Å²) in [5.41, 5.74) is -2.00. The zero-order valence-electron chi connectivity index (χ0n) is 14.0. The summed E-state index contributed by atoms with van der Waals surface area (Å²) in [4.78, 5) is 10.7. The standard InChI is InChI=1S/C16H22F3NO3S/c1-15(2,3)24(23)20-16(4,10-7-5-6-8-11(10)17)13(19)9-12(18)14(21)22/h5-8,12-13,20H,9H2,1-4H3,(H,21,22)/t12?,13-,16?,24?/m1/s1. The number of benzene rings is 1. The van der Waals surface area contributed by atoms with Crippen molar-refractivity contribution in [3.8, 4) is 0 Å². The summed E-state index contributed by atoms with van der Waals surface area (Å²) >= 11 is -1.79. The molecule has 0 spiro atoms. The molecule has 0 amide bonds. The Labute approximate surface area is 142 Å². The van der Waals surface area contributed by atoms with E-state index in [0.29, 0.717) is 0 Å². The van der Waals surface area contributed by atoms with E-state index in [4.69, 9.17) is 5.11 Å². The van der Waals surface area contributed by atoms with Crippen molar-refractivity contribution < 1.29 is 27.6 Å². The highest BCUT2D eigenvalue weighted by atomic mass is 32.2. The summed E-state index contributed by atoms with van der Waals surface area (Å²) in [6, 6.07) is 5.27. The molecule has 0 aromatic heterocycles. The van der Waals surface area contributed by atoms with Crippen LogP contribution in [0, 0.1) is 5.82 Å². The van der Waals surface area contributed by atoms with Gasteiger partial charge in [-0.05, 0) is 33.8 Å². The Morgan fingerprint density at radius 2 is 1.83 bits per heavy atom. The second kappa shape index (κ2) is 7.76. The van der Waals surface area contributed by atoms with E-state index in [9.17, 15) is 22.5 Å². The number of alkyl halides is 2. The normalized spacial score (nSPS) is 18.5. The second-order valence-corrected chi connectivity index (χ2v) is 8.64. The van der Waals surface area contributed by atoms with Gasteiger partial charge in [-0.3, -0.25) is 0 Å². The van der Waals surface area contributed by atoms with Gasteiger partial charge in [0.25, 0.3) is 0 Å². The first kappa shape index (κ1) is 20.8. The summed E-state index contributed by atoms with van der Waals surface area (Å²) in [7, 11) is 0. The zero-order valence-corrected chi connectivity index (χ0v) is 14.8. The lowest BCUT2D eigenvalue weighted by atomic mass is 9.85. The molecule has 0 bridgehead atoms. The van der Waals surface area contributed by atoms with Gasteiger partial charge in [0.1, 0.15) is 22.3 Å². The molecule has 1 rings (SSSR count). The van der Waals surface area contributed by atoms with Crippen LogP contribution in [-0.2, 0) is 21.7 Å². The maximum Gasteiger partial charge on any atom is 0.338 e. The smallest absolute Gasteiger partial charge is 0.338 e. The third kappa shape index (κ3) is 4.87. The van der Waals surface area contributed by atoms with Gasteiger partial charge in [-0.2, -0.15) is 0 Å². The Hall–Kier alpha value is -1.25. The Balaban J connectivity index is 3.25. The van der Waals surface area contributed by atoms with Crippen LogP contribution in [0.5, 0.6) is 0 Å². The maximum absolute atomic E-state index is 14.8. The van der Waals surface area contributed by atoms with Gasteiger partial charge in [-0.25, -0.2) is 18.0 Å². The van der Waals surface area contributed by atoms with E-state index >= 15 is 0 Å². The molecule has 2 N–H and O–H groups in total. The fourth-order valence-electron chi connectivity index (χ4n) is 2.03. The molecule has 3 unspecified atom stereocenters. The molecular weight excluding hydrogens is 343 g/mol. The van der Waals surface area contributed by atoms with E-state index in [1.807, 2.05) is 0 Å². The van der Waals surface area contributed by atoms with E-state index in [0.717, 1.165) is 6.07 Å². The number of carboxylic acids is 1. The molecule has 0 heterocycles. The molecule has 0 aliphatic carbocycles. The topological polar surface area (TPSA) is 72.4 Å². The van der Waals surface area contributed by atoms with Crippen LogP contribution in [0.25, 0.3) is 0 Å². The monoisotopic (exact) mass is 365 g/mol. The van der Waals surface area contributed by atoms with Crippen molar-refractivity contribution in [3.63, 3.8) is 0 Å². The molecule has 0 radical (unpaired) electrons. The molecule has 0 saturated heterocycles. The Bertz CT molecular complexity index is 582. The molecule has 0 fully saturated rings. The predicted molar refractivity (Wildman–Crippen MR) is 86.8 cm³/mol. The number of aliphatic carboxylic acids is 1. The largest absolute Gasteiger partial charge is 0.598 e. The number of carboxylic acid groups (broad SMARTS) is 1. The predicted octanol–water partition coefficient (Wildman–Crippen LogP) is 3.24. The number of hydrogen-bond donors (Lipinski definition) is 2. The summed E-state index contributed by atoms with van der Waals surface area (Å²) < 4.78 is 56.6. The third-order valence-corrected chi connectivity index (χ3v) is 5.32. The van der Waals surface area contributed by atoms with Crippen molar-refractivity contribution in [2.24, 2.45) is 0 Å². The average Bonchev–Trinajstić information content (AvgIpc) is 2.46. The van der Waals surface area contributed by atoms with Crippen molar-refractivity contribution in [3.05, 3.63) is 35.6 Å². The highest BCUT2D eigenvalue weighted by Crippen LogP contribution is 2.34. The van der Waals surface area contributed by atoms with Crippen molar-refractivity contribution in [2.45, 2.75) is 56.7 Å². The van der Waals surface area contributed by atoms with Gasteiger partial charge >= 0.3 is 5.97 Å². The van der Waals surface area contributed by atoms with Crippen LogP contribution in [0.3, 0.4) is 0 Å². The van der Waals surface area contributed by atoms with Crippen molar-refractivity contribution >= 4 is 17.3 Å². The van der Waals surface area contributed by atoms with Crippen LogP contribution in [0.2, 0.25) is 0 Å². The van der Waals surface area contributed by atoms with Crippen molar-refractivity contribution in [1.29, 1.82) is 0 Å². The minimum atomic E-state index is -2.45. The van der Waals surface area contributed by atoms with Gasteiger partial charge in [0.2, 0.25) is 0 Å². The molecule has 136 valence electrons. The van der Waals surface area contributed by atoms with Crippen LogP contribution in [0.1, 0.15) is 39.7 Å². The molecule has 0 saturated carbocycles. The molecule has 0 aliphatic rings. The van der Waals surface area contributed by atoms with Crippen LogP contribution < -0.4 is 4.72 Å². The molecule has 1 aromatic rings. The fourth-order valence-corrected chi connectivity index (χ4v) is 2.96. The van der Waals surface area contributed by atoms with Gasteiger partial charge in [0.15, 0.2) is 6.17 Å². The van der Waals surface area contributed by atoms with Crippen LogP contribution >= 0.6 is 0 Å². The lowest BCUT2D eigenvalue weighted by Crippen LogP contribution is -2.55. The highest BCUT2D eigenvalue weighted by molar-refractivity contribution is 7.90. The van der Waals surface area contributed by atoms with Gasteiger partial charge < -0.3 is 9.66 Å². The van der Waals surface area contributed by atoms with E-state index in [1.54, 1.807) is 20.8 Å². The molecule has 24 heavy (non-hydrogen) atoms. The molecule has 4 nitrogen and oxygen atoms in total. The lowest BCUT2D eigenvalue weighted by molar-refractivity contribution is -0.143. The van der Waals surface area contributed by atoms with E-state index < -0.39 is 52.2 Å². The van der Waals surface area contributed by atoms with Crippen LogP contribution in [0.4, 0.5) is 13.2 Å². The maximum atomic E-state index is 14.8. The van der Waals surface area contributed by atoms with Gasteiger partial charge in [0.05, 0.1) is 0 Å². The first-order valence-electron chi connectivity index (χ1n) is 7.35. The number of rotatable bonds is 7. The number of halogens is 3. The number of nitrogens with one attached hydrogen (secondary N) is 1. The van der Waals surface area contributed by atoms with Gasteiger partial charge in [-0.1, -0.05) is 18.2 Å². The highest BCUT2D eigenvalue weighted by Gasteiger charge is 2.46. The van der Waals surface area contributed by atoms with E-state index in [-0.39, 0.29) is 5.56 Å². The molecule has 0 aliphatic heterocycles. The van der Waals surface area contributed by atoms with Gasteiger partial charge in [-0.15, -0.1) is 4.72 Å². The van der Waals surface area contributed by atoms with Crippen LogP contribution in [0.15, 0.2) is 24.3 Å². The third-order valence-electron chi connectivity index (χ3n) is 3.60. The lowest BCUT2D eigenvalue weighted by Gasteiger charge is -2.37. The minimum Gasteiger partial charge on any atom is -0.598 e. The second-order valence-electron chi connectivity index (χ2n) is 6.67. The SMILES string of the molecule is CC(N[S+]([O-])C(C)(C)C)(c1ccccc1F)[C@H](F)CC(F)C(=O)O. The van der Waals surface area contributed by atoms with Crippen molar-refractivity contribution in [1.82, 2.24) is 4.72 Å². The van der Waals surface area contributed by atoms with E-state index in [2.05, 4.69) is 4.72 Å². The number of carbonyl (C=O) groups is 1. The average molecular weight is 365 g/mol. The fraction of sp³-hybridized carbons (Fsp3) is 0.562. The Morgan fingerprint density at radius 1 is 1.29 bits per heavy atom.